The maximum atomic E-state index is 14.6. The zero-order valence-electron chi connectivity index (χ0n) is 26.5. The summed E-state index contributed by atoms with van der Waals surface area (Å²) in [5, 5.41) is 3.97. The second-order valence-corrected chi connectivity index (χ2v) is 14.5. The quantitative estimate of drug-likeness (QED) is 0.134. The minimum atomic E-state index is -4.25. The van der Waals surface area contributed by atoms with Gasteiger partial charge in [-0.25, -0.2) is 8.42 Å². The highest BCUT2D eigenvalue weighted by atomic mass is 35.5. The van der Waals surface area contributed by atoms with Gasteiger partial charge in [-0.1, -0.05) is 108 Å². The second kappa shape index (κ2) is 16.5. The lowest BCUT2D eigenvalue weighted by atomic mass is 10.0. The summed E-state index contributed by atoms with van der Waals surface area (Å²) in [6.45, 7) is 5.50. The van der Waals surface area contributed by atoms with Crippen molar-refractivity contribution in [3.05, 3.63) is 128 Å². The second-order valence-electron chi connectivity index (χ2n) is 11.4. The molecule has 4 rings (SSSR count). The molecule has 11 heteroatoms. The number of rotatable bonds is 14. The van der Waals surface area contributed by atoms with Crippen molar-refractivity contribution in [2.45, 2.75) is 57.5 Å². The molecule has 1 unspecified atom stereocenters. The molecule has 0 aromatic heterocycles. The molecule has 0 fully saturated rings. The number of anilines is 1. The van der Waals surface area contributed by atoms with Crippen molar-refractivity contribution in [2.75, 3.05) is 17.4 Å². The summed E-state index contributed by atoms with van der Waals surface area (Å²) in [4.78, 5) is 29.9. The highest BCUT2D eigenvalue weighted by Crippen LogP contribution is 2.30. The van der Waals surface area contributed by atoms with Crippen LogP contribution in [-0.4, -0.2) is 44.3 Å². The average Bonchev–Trinajstić information content (AvgIpc) is 3.05. The Morgan fingerprint density at radius 3 is 2.15 bits per heavy atom. The standard InChI is InChI=1S/C36H38Cl3N3O4S/c1-4-5-19-40-36(44)34(21-27-9-7-6-8-10-27)41(23-28-14-18-31(37)33(39)20-28)35(43)24-42(29-15-13-26(3)32(38)22-29)47(45,46)30-16-11-25(2)12-17-30/h6-18,20,22,34H,4-5,19,21,23-24H2,1-3H3,(H,40,44). The van der Waals surface area contributed by atoms with E-state index in [2.05, 4.69) is 5.32 Å². The summed E-state index contributed by atoms with van der Waals surface area (Å²) < 4.78 is 29.5. The van der Waals surface area contributed by atoms with Crippen molar-refractivity contribution in [2.24, 2.45) is 0 Å². The van der Waals surface area contributed by atoms with E-state index in [9.17, 15) is 18.0 Å². The summed E-state index contributed by atoms with van der Waals surface area (Å²) in [5.74, 6) is -0.933. The van der Waals surface area contributed by atoms with Gasteiger partial charge in [-0.2, -0.15) is 0 Å². The molecule has 4 aromatic rings. The van der Waals surface area contributed by atoms with Gasteiger partial charge in [-0.15, -0.1) is 0 Å². The van der Waals surface area contributed by atoms with Crippen LogP contribution in [0, 0.1) is 13.8 Å². The summed E-state index contributed by atoms with van der Waals surface area (Å²) in [6, 6.07) is 24.6. The zero-order chi connectivity index (χ0) is 34.1. The number of hydrogen-bond acceptors (Lipinski definition) is 4. The van der Waals surface area contributed by atoms with Crippen LogP contribution in [0.25, 0.3) is 0 Å². The fourth-order valence-corrected chi connectivity index (χ4v) is 6.90. The highest BCUT2D eigenvalue weighted by Gasteiger charge is 2.34. The van der Waals surface area contributed by atoms with Gasteiger partial charge >= 0.3 is 0 Å². The number of aryl methyl sites for hydroxylation is 2. The molecular formula is C36H38Cl3N3O4S. The van der Waals surface area contributed by atoms with E-state index in [0.717, 1.165) is 33.8 Å². The Labute approximate surface area is 292 Å². The number of benzene rings is 4. The van der Waals surface area contributed by atoms with E-state index in [-0.39, 0.29) is 29.5 Å². The predicted molar refractivity (Wildman–Crippen MR) is 191 cm³/mol. The molecule has 1 N–H and O–H groups in total. The van der Waals surface area contributed by atoms with Crippen LogP contribution in [0.3, 0.4) is 0 Å². The summed E-state index contributed by atoms with van der Waals surface area (Å²) >= 11 is 19.0. The molecule has 0 spiro atoms. The molecule has 0 saturated carbocycles. The van der Waals surface area contributed by atoms with Crippen LogP contribution in [0.5, 0.6) is 0 Å². The van der Waals surface area contributed by atoms with Crippen LogP contribution in [0.15, 0.2) is 95.9 Å². The fourth-order valence-electron chi connectivity index (χ4n) is 5.00. The summed E-state index contributed by atoms with van der Waals surface area (Å²) in [5.41, 5.74) is 3.32. The molecule has 248 valence electrons. The molecule has 0 bridgehead atoms. The van der Waals surface area contributed by atoms with E-state index >= 15 is 0 Å². The van der Waals surface area contributed by atoms with Crippen LogP contribution >= 0.6 is 34.8 Å². The Balaban J connectivity index is 1.82. The van der Waals surface area contributed by atoms with Gasteiger partial charge in [0.1, 0.15) is 12.6 Å². The largest absolute Gasteiger partial charge is 0.354 e. The molecule has 1 atom stereocenters. The SMILES string of the molecule is CCCCNC(=O)C(Cc1ccccc1)N(Cc1ccc(Cl)c(Cl)c1)C(=O)CN(c1ccc(C)c(Cl)c1)S(=O)(=O)c1ccc(C)cc1. The lowest BCUT2D eigenvalue weighted by molar-refractivity contribution is -0.140. The summed E-state index contributed by atoms with van der Waals surface area (Å²) in [6.07, 6.45) is 1.84. The van der Waals surface area contributed by atoms with Crippen LogP contribution < -0.4 is 9.62 Å². The molecule has 0 saturated heterocycles. The smallest absolute Gasteiger partial charge is 0.264 e. The Bertz CT molecular complexity index is 1800. The third kappa shape index (κ3) is 9.51. The number of carbonyl (C=O) groups excluding carboxylic acids is 2. The average molecular weight is 715 g/mol. The highest BCUT2D eigenvalue weighted by molar-refractivity contribution is 7.92. The normalized spacial score (nSPS) is 12.0. The minimum Gasteiger partial charge on any atom is -0.354 e. The number of nitrogens with zero attached hydrogens (tertiary/aromatic N) is 2. The Morgan fingerprint density at radius 2 is 1.51 bits per heavy atom. The minimum absolute atomic E-state index is 0.0155. The van der Waals surface area contributed by atoms with E-state index in [1.54, 1.807) is 49.4 Å². The number of sulfonamides is 1. The Hall–Kier alpha value is -3.56. The predicted octanol–water partition coefficient (Wildman–Crippen LogP) is 8.02. The van der Waals surface area contributed by atoms with E-state index < -0.39 is 28.5 Å². The van der Waals surface area contributed by atoms with Gasteiger partial charge in [0.25, 0.3) is 10.0 Å². The van der Waals surface area contributed by atoms with Gasteiger partial charge in [0, 0.05) is 24.5 Å². The van der Waals surface area contributed by atoms with Crippen LogP contribution in [0.4, 0.5) is 5.69 Å². The Kier molecular flexibility index (Phi) is 12.7. The van der Waals surface area contributed by atoms with Gasteiger partial charge in [-0.3, -0.25) is 13.9 Å². The van der Waals surface area contributed by atoms with E-state index in [1.807, 2.05) is 44.2 Å². The van der Waals surface area contributed by atoms with Crippen molar-refractivity contribution in [1.82, 2.24) is 10.2 Å². The topological polar surface area (TPSA) is 86.8 Å². The van der Waals surface area contributed by atoms with E-state index in [4.69, 9.17) is 34.8 Å². The monoisotopic (exact) mass is 713 g/mol. The summed E-state index contributed by atoms with van der Waals surface area (Å²) in [7, 11) is -4.25. The Morgan fingerprint density at radius 1 is 0.809 bits per heavy atom. The van der Waals surface area contributed by atoms with Gasteiger partial charge in [-0.05, 0) is 73.4 Å². The molecule has 0 radical (unpaired) electrons. The van der Waals surface area contributed by atoms with Gasteiger partial charge in [0.15, 0.2) is 0 Å². The molecule has 7 nitrogen and oxygen atoms in total. The molecule has 0 aliphatic rings. The number of hydrogen-bond donors (Lipinski definition) is 1. The van der Waals surface area contributed by atoms with Crippen molar-refractivity contribution in [1.29, 1.82) is 0 Å². The first kappa shape index (κ1) is 36.3. The van der Waals surface area contributed by atoms with Crippen LogP contribution in [0.1, 0.15) is 42.0 Å². The maximum Gasteiger partial charge on any atom is 0.264 e. The molecule has 2 amide bonds. The molecule has 47 heavy (non-hydrogen) atoms. The fraction of sp³-hybridized carbons (Fsp3) is 0.278. The van der Waals surface area contributed by atoms with Gasteiger partial charge in [0.2, 0.25) is 11.8 Å². The lowest BCUT2D eigenvalue weighted by Gasteiger charge is -2.34. The number of carbonyl (C=O) groups is 2. The van der Waals surface area contributed by atoms with Crippen LogP contribution in [0.2, 0.25) is 15.1 Å². The van der Waals surface area contributed by atoms with Crippen molar-refractivity contribution in [3.63, 3.8) is 0 Å². The molecule has 0 aliphatic heterocycles. The zero-order valence-corrected chi connectivity index (χ0v) is 29.6. The maximum absolute atomic E-state index is 14.6. The van der Waals surface area contributed by atoms with Gasteiger partial charge in [0.05, 0.1) is 20.6 Å². The number of halogens is 3. The first-order chi connectivity index (χ1) is 22.4. The number of nitrogens with one attached hydrogen (secondary N) is 1. The molecular weight excluding hydrogens is 677 g/mol. The first-order valence-corrected chi connectivity index (χ1v) is 17.9. The van der Waals surface area contributed by atoms with Crippen molar-refractivity contribution in [3.8, 4) is 0 Å². The lowest BCUT2D eigenvalue weighted by Crippen LogP contribution is -2.53. The van der Waals surface area contributed by atoms with E-state index in [1.165, 1.54) is 23.1 Å². The van der Waals surface area contributed by atoms with Crippen molar-refractivity contribution < 1.29 is 18.0 Å². The number of amides is 2. The van der Waals surface area contributed by atoms with Crippen molar-refractivity contribution >= 4 is 62.3 Å². The third-order valence-electron chi connectivity index (χ3n) is 7.77. The molecule has 0 aliphatic carbocycles. The van der Waals surface area contributed by atoms with E-state index in [0.29, 0.717) is 27.2 Å². The van der Waals surface area contributed by atoms with Crippen LogP contribution in [-0.2, 0) is 32.6 Å². The molecule has 4 aromatic carbocycles. The first-order valence-electron chi connectivity index (χ1n) is 15.3. The number of unbranched alkanes of at least 4 members (excludes halogenated alkanes) is 1. The third-order valence-corrected chi connectivity index (χ3v) is 10.7. The molecule has 0 heterocycles. The van der Waals surface area contributed by atoms with Gasteiger partial charge < -0.3 is 10.2 Å².